The molecule has 3 aromatic carbocycles. The summed E-state index contributed by atoms with van der Waals surface area (Å²) >= 11 is 0. The van der Waals surface area contributed by atoms with Gasteiger partial charge >= 0.3 is 0 Å². The predicted octanol–water partition coefficient (Wildman–Crippen LogP) is 5.18. The fraction of sp³-hybridized carbons (Fsp3) is 0.143. The predicted molar refractivity (Wildman–Crippen MR) is 89.2 cm³/mol. The van der Waals surface area contributed by atoms with E-state index in [1.165, 1.54) is 5.56 Å². The first-order valence-corrected chi connectivity index (χ1v) is 7.64. The normalized spacial score (nSPS) is 13.5. The van der Waals surface area contributed by atoms with E-state index in [4.69, 9.17) is 0 Å². The van der Waals surface area contributed by atoms with Crippen LogP contribution in [0.15, 0.2) is 91.0 Å². The number of benzene rings is 3. The summed E-state index contributed by atoms with van der Waals surface area (Å²) in [6, 6.07) is 30.0. The highest BCUT2D eigenvalue weighted by atomic mass is 16.3. The summed E-state index contributed by atoms with van der Waals surface area (Å²) in [7, 11) is 0. The van der Waals surface area contributed by atoms with Crippen LogP contribution in [0.3, 0.4) is 0 Å². The third-order valence-electron chi connectivity index (χ3n) is 4.02. The van der Waals surface area contributed by atoms with Gasteiger partial charge in [-0.2, -0.15) is 0 Å². The van der Waals surface area contributed by atoms with E-state index in [0.717, 1.165) is 17.5 Å². The Balaban J connectivity index is 1.93. The zero-order chi connectivity index (χ0) is 15.2. The zero-order valence-electron chi connectivity index (χ0n) is 12.4. The third-order valence-corrected chi connectivity index (χ3v) is 4.02. The summed E-state index contributed by atoms with van der Waals surface area (Å²) in [6.45, 7) is 0. The molecular formula is C21H19O. The zero-order valence-corrected chi connectivity index (χ0v) is 12.4. The Morgan fingerprint density at radius 1 is 0.591 bits per heavy atom. The minimum absolute atomic E-state index is 0.0639. The van der Waals surface area contributed by atoms with Crippen molar-refractivity contribution >= 4 is 0 Å². The SMILES string of the molecule is [O]C(c1ccccc1)C(Cc1ccccc1)c1ccccc1. The van der Waals surface area contributed by atoms with Crippen molar-refractivity contribution in [3.63, 3.8) is 0 Å². The van der Waals surface area contributed by atoms with Gasteiger partial charge < -0.3 is 0 Å². The molecule has 0 fully saturated rings. The van der Waals surface area contributed by atoms with Gasteiger partial charge in [-0.05, 0) is 23.1 Å². The maximum Gasteiger partial charge on any atom is 0.125 e. The summed E-state index contributed by atoms with van der Waals surface area (Å²) in [5, 5.41) is 13.0. The summed E-state index contributed by atoms with van der Waals surface area (Å²) in [5.41, 5.74) is 3.16. The first-order chi connectivity index (χ1) is 10.8. The van der Waals surface area contributed by atoms with Crippen LogP contribution in [0.5, 0.6) is 0 Å². The smallest absolute Gasteiger partial charge is 0.125 e. The van der Waals surface area contributed by atoms with Crippen LogP contribution in [0.4, 0.5) is 0 Å². The van der Waals surface area contributed by atoms with Crippen LogP contribution in [0, 0.1) is 0 Å². The molecule has 0 heterocycles. The lowest BCUT2D eigenvalue weighted by molar-refractivity contribution is 0.0631. The van der Waals surface area contributed by atoms with E-state index in [0.29, 0.717) is 0 Å². The molecule has 0 aromatic heterocycles. The second-order valence-electron chi connectivity index (χ2n) is 5.54. The maximum absolute atomic E-state index is 13.0. The van der Waals surface area contributed by atoms with Gasteiger partial charge in [0.15, 0.2) is 0 Å². The lowest BCUT2D eigenvalue weighted by Gasteiger charge is -2.22. The Hall–Kier alpha value is -2.38. The van der Waals surface area contributed by atoms with Gasteiger partial charge in [-0.15, -0.1) is 0 Å². The van der Waals surface area contributed by atoms with Gasteiger partial charge in [0.1, 0.15) is 6.10 Å². The quantitative estimate of drug-likeness (QED) is 0.616. The molecule has 0 bridgehead atoms. The highest BCUT2D eigenvalue weighted by molar-refractivity contribution is 5.29. The van der Waals surface area contributed by atoms with E-state index in [1.807, 2.05) is 66.7 Å². The molecule has 1 nitrogen and oxygen atoms in total. The average molecular weight is 287 g/mol. The first kappa shape index (κ1) is 14.6. The Morgan fingerprint density at radius 3 is 1.59 bits per heavy atom. The molecular weight excluding hydrogens is 268 g/mol. The van der Waals surface area contributed by atoms with Crippen molar-refractivity contribution in [1.29, 1.82) is 0 Å². The summed E-state index contributed by atoms with van der Waals surface area (Å²) in [6.07, 6.45) is -0.00251. The Bertz CT molecular complexity index is 677. The van der Waals surface area contributed by atoms with Gasteiger partial charge in [-0.1, -0.05) is 91.0 Å². The number of hydrogen-bond donors (Lipinski definition) is 0. The highest BCUT2D eigenvalue weighted by Crippen LogP contribution is 2.34. The van der Waals surface area contributed by atoms with E-state index in [-0.39, 0.29) is 5.92 Å². The monoisotopic (exact) mass is 287 g/mol. The van der Waals surface area contributed by atoms with Crippen LogP contribution in [-0.4, -0.2) is 0 Å². The Kier molecular flexibility index (Phi) is 4.67. The number of hydrogen-bond acceptors (Lipinski definition) is 0. The molecule has 0 spiro atoms. The topological polar surface area (TPSA) is 19.9 Å². The van der Waals surface area contributed by atoms with Crippen molar-refractivity contribution in [3.8, 4) is 0 Å². The largest absolute Gasteiger partial charge is 0.227 e. The van der Waals surface area contributed by atoms with Crippen molar-refractivity contribution in [2.45, 2.75) is 18.4 Å². The Labute approximate surface area is 131 Å². The average Bonchev–Trinajstić information content (AvgIpc) is 2.61. The van der Waals surface area contributed by atoms with Crippen molar-refractivity contribution < 1.29 is 5.11 Å². The summed E-state index contributed by atoms with van der Waals surface area (Å²) in [4.78, 5) is 0. The molecule has 0 saturated carbocycles. The number of rotatable bonds is 5. The third kappa shape index (κ3) is 3.44. The molecule has 109 valence electrons. The van der Waals surface area contributed by atoms with Crippen LogP contribution in [0.2, 0.25) is 0 Å². The molecule has 0 saturated heterocycles. The molecule has 0 aliphatic heterocycles. The minimum Gasteiger partial charge on any atom is -0.227 e. The van der Waals surface area contributed by atoms with E-state index in [1.54, 1.807) is 0 Å². The maximum atomic E-state index is 13.0. The standard InChI is InChI=1S/C21H19O/c22-21(19-14-8-3-9-15-19)20(18-12-6-2-7-13-18)16-17-10-4-1-5-11-17/h1-15,20-21H,16H2. The van der Waals surface area contributed by atoms with Gasteiger partial charge in [0.05, 0.1) is 0 Å². The second-order valence-corrected chi connectivity index (χ2v) is 5.54. The van der Waals surface area contributed by atoms with Crippen LogP contribution in [0.25, 0.3) is 0 Å². The van der Waals surface area contributed by atoms with Gasteiger partial charge in [-0.3, -0.25) is 0 Å². The van der Waals surface area contributed by atoms with E-state index >= 15 is 0 Å². The van der Waals surface area contributed by atoms with E-state index < -0.39 is 6.10 Å². The molecule has 2 atom stereocenters. The molecule has 22 heavy (non-hydrogen) atoms. The lowest BCUT2D eigenvalue weighted by atomic mass is 9.84. The summed E-state index contributed by atoms with van der Waals surface area (Å²) < 4.78 is 0. The minimum atomic E-state index is -0.760. The molecule has 0 N–H and O–H groups in total. The van der Waals surface area contributed by atoms with Crippen LogP contribution in [0.1, 0.15) is 28.7 Å². The first-order valence-electron chi connectivity index (χ1n) is 7.64. The van der Waals surface area contributed by atoms with Crippen molar-refractivity contribution in [2.24, 2.45) is 0 Å². The van der Waals surface area contributed by atoms with Crippen molar-refractivity contribution in [1.82, 2.24) is 0 Å². The van der Waals surface area contributed by atoms with E-state index in [2.05, 4.69) is 24.3 Å². The Morgan fingerprint density at radius 2 is 1.05 bits per heavy atom. The fourth-order valence-corrected chi connectivity index (χ4v) is 2.84. The van der Waals surface area contributed by atoms with E-state index in [9.17, 15) is 5.11 Å². The van der Waals surface area contributed by atoms with Gasteiger partial charge in [0.2, 0.25) is 0 Å². The van der Waals surface area contributed by atoms with Gasteiger partial charge in [0.25, 0.3) is 0 Å². The van der Waals surface area contributed by atoms with Crippen LogP contribution >= 0.6 is 0 Å². The fourth-order valence-electron chi connectivity index (χ4n) is 2.84. The molecule has 3 rings (SSSR count). The van der Waals surface area contributed by atoms with Crippen LogP contribution in [-0.2, 0) is 11.5 Å². The lowest BCUT2D eigenvalue weighted by Crippen LogP contribution is -2.12. The van der Waals surface area contributed by atoms with Crippen LogP contribution < -0.4 is 0 Å². The van der Waals surface area contributed by atoms with Crippen molar-refractivity contribution in [3.05, 3.63) is 108 Å². The van der Waals surface area contributed by atoms with Crippen molar-refractivity contribution in [2.75, 3.05) is 0 Å². The van der Waals surface area contributed by atoms with Gasteiger partial charge in [-0.25, -0.2) is 5.11 Å². The second kappa shape index (κ2) is 7.06. The molecule has 0 amide bonds. The molecule has 3 aromatic rings. The molecule has 1 radical (unpaired) electrons. The summed E-state index contributed by atoms with van der Waals surface area (Å²) in [5.74, 6) is -0.0639. The molecule has 0 aliphatic rings. The molecule has 0 aliphatic carbocycles. The molecule has 1 heteroatoms. The van der Waals surface area contributed by atoms with Gasteiger partial charge in [0, 0.05) is 5.92 Å². The molecule has 2 unspecified atom stereocenters. The highest BCUT2D eigenvalue weighted by Gasteiger charge is 2.24.